The van der Waals surface area contributed by atoms with E-state index in [4.69, 9.17) is 4.98 Å². The van der Waals surface area contributed by atoms with Crippen LogP contribution in [0.2, 0.25) is 0 Å². The number of aromatic nitrogens is 2. The van der Waals surface area contributed by atoms with Crippen molar-refractivity contribution in [2.45, 2.75) is 52.9 Å². The van der Waals surface area contributed by atoms with Gasteiger partial charge in [0.1, 0.15) is 5.82 Å². The molecule has 2 heterocycles. The van der Waals surface area contributed by atoms with Crippen molar-refractivity contribution in [2.75, 3.05) is 13.1 Å². The van der Waals surface area contributed by atoms with Gasteiger partial charge < -0.3 is 15.0 Å². The molecule has 1 fully saturated rings. The minimum Gasteiger partial charge on any atom is -0.481 e. The lowest BCUT2D eigenvalue weighted by atomic mass is 9.80. The number of nitrogens with one attached hydrogen (secondary N) is 1. The molecule has 2 N–H and O–H groups in total. The molecule has 0 radical (unpaired) electrons. The van der Waals surface area contributed by atoms with Crippen LogP contribution in [-0.2, 0) is 16.0 Å². The summed E-state index contributed by atoms with van der Waals surface area (Å²) in [5, 5.41) is 9.33. The van der Waals surface area contributed by atoms with E-state index in [1.165, 1.54) is 5.56 Å². The summed E-state index contributed by atoms with van der Waals surface area (Å²) in [6.45, 7) is 7.42. The fourth-order valence-electron chi connectivity index (χ4n) is 4.42. The highest BCUT2D eigenvalue weighted by atomic mass is 16.4. The van der Waals surface area contributed by atoms with Crippen LogP contribution in [0.5, 0.6) is 0 Å². The highest BCUT2D eigenvalue weighted by Gasteiger charge is 2.34. The lowest BCUT2D eigenvalue weighted by Crippen LogP contribution is -2.47. The molecule has 1 amide bonds. The molecule has 0 bridgehead atoms. The molecule has 152 valence electrons. The Morgan fingerprint density at radius 1 is 1.29 bits per heavy atom. The number of aliphatic carboxylic acids is 1. The fourth-order valence-corrected chi connectivity index (χ4v) is 4.42. The van der Waals surface area contributed by atoms with Gasteiger partial charge in [-0.2, -0.15) is 0 Å². The van der Waals surface area contributed by atoms with Gasteiger partial charge in [-0.15, -0.1) is 0 Å². The van der Waals surface area contributed by atoms with Crippen molar-refractivity contribution in [2.24, 2.45) is 17.8 Å². The molecule has 1 aliphatic heterocycles. The minimum absolute atomic E-state index is 0.0610. The molecule has 2 unspecified atom stereocenters. The maximum Gasteiger partial charge on any atom is 0.303 e. The second-order valence-corrected chi connectivity index (χ2v) is 8.11. The first-order chi connectivity index (χ1) is 13.4. The number of H-pyrrole nitrogens is 1. The van der Waals surface area contributed by atoms with Crippen LogP contribution >= 0.6 is 0 Å². The Bertz CT molecular complexity index is 841. The number of carboxylic acid groups (broad SMARTS) is 1. The van der Waals surface area contributed by atoms with Gasteiger partial charge in [0.05, 0.1) is 11.0 Å². The summed E-state index contributed by atoms with van der Waals surface area (Å²) in [6, 6.07) is 6.12. The number of hydrogen-bond acceptors (Lipinski definition) is 3. The molecule has 6 heteroatoms. The number of carboxylic acids is 1. The van der Waals surface area contributed by atoms with Gasteiger partial charge >= 0.3 is 5.97 Å². The van der Waals surface area contributed by atoms with Gasteiger partial charge in [0, 0.05) is 31.8 Å². The third-order valence-corrected chi connectivity index (χ3v) is 6.12. The van der Waals surface area contributed by atoms with Crippen LogP contribution in [0.1, 0.15) is 50.9 Å². The van der Waals surface area contributed by atoms with Crippen molar-refractivity contribution in [3.05, 3.63) is 29.6 Å². The predicted octanol–water partition coefficient (Wildman–Crippen LogP) is 3.79. The first-order valence-electron chi connectivity index (χ1n) is 10.4. The number of carbonyl (C=O) groups excluding carboxylic acids is 1. The summed E-state index contributed by atoms with van der Waals surface area (Å²) in [4.78, 5) is 34.2. The van der Waals surface area contributed by atoms with E-state index in [9.17, 15) is 14.7 Å². The average Bonchev–Trinajstić information content (AvgIpc) is 3.05. The Labute approximate surface area is 166 Å². The molecule has 1 aliphatic rings. The molecular formula is C22H31N3O3. The molecule has 1 aromatic heterocycles. The molecule has 1 saturated heterocycles. The van der Waals surface area contributed by atoms with Crippen LogP contribution < -0.4 is 0 Å². The summed E-state index contributed by atoms with van der Waals surface area (Å²) >= 11 is 0. The summed E-state index contributed by atoms with van der Waals surface area (Å²) in [6.07, 6.45) is 3.24. The maximum atomic E-state index is 12.9. The second kappa shape index (κ2) is 8.76. The maximum absolute atomic E-state index is 12.9. The number of aromatic amines is 1. The van der Waals surface area contributed by atoms with Gasteiger partial charge in [0.25, 0.3) is 0 Å². The van der Waals surface area contributed by atoms with E-state index in [1.807, 2.05) is 24.0 Å². The van der Waals surface area contributed by atoms with Gasteiger partial charge in [-0.25, -0.2) is 4.98 Å². The zero-order valence-electron chi connectivity index (χ0n) is 17.1. The van der Waals surface area contributed by atoms with Gasteiger partial charge in [0.2, 0.25) is 5.91 Å². The van der Waals surface area contributed by atoms with E-state index < -0.39 is 5.97 Å². The third-order valence-electron chi connectivity index (χ3n) is 6.12. The van der Waals surface area contributed by atoms with Crippen molar-refractivity contribution in [3.8, 4) is 0 Å². The van der Waals surface area contributed by atoms with E-state index in [0.29, 0.717) is 19.5 Å². The van der Waals surface area contributed by atoms with Crippen LogP contribution in [0.3, 0.4) is 0 Å². The largest absolute Gasteiger partial charge is 0.481 e. The number of imidazole rings is 1. The first-order valence-corrected chi connectivity index (χ1v) is 10.4. The number of piperidine rings is 1. The number of likely N-dealkylation sites (tertiary alicyclic amines) is 1. The van der Waals surface area contributed by atoms with E-state index in [-0.39, 0.29) is 30.1 Å². The number of carbonyl (C=O) groups is 2. The smallest absolute Gasteiger partial charge is 0.303 e. The van der Waals surface area contributed by atoms with Crippen molar-refractivity contribution in [1.82, 2.24) is 14.9 Å². The number of rotatable bonds is 7. The Morgan fingerprint density at radius 3 is 2.71 bits per heavy atom. The minimum atomic E-state index is -0.769. The van der Waals surface area contributed by atoms with Crippen molar-refractivity contribution >= 4 is 22.9 Å². The topological polar surface area (TPSA) is 86.3 Å². The summed E-state index contributed by atoms with van der Waals surface area (Å²) in [7, 11) is 0. The van der Waals surface area contributed by atoms with Crippen LogP contribution in [0.25, 0.3) is 11.0 Å². The first kappa shape index (κ1) is 20.4. The normalized spacial score (nSPS) is 20.1. The van der Waals surface area contributed by atoms with E-state index >= 15 is 0 Å². The quantitative estimate of drug-likeness (QED) is 0.759. The zero-order chi connectivity index (χ0) is 20.3. The Kier molecular flexibility index (Phi) is 6.37. The number of nitrogens with zero attached hydrogens (tertiary/aromatic N) is 2. The predicted molar refractivity (Wildman–Crippen MR) is 109 cm³/mol. The Hall–Kier alpha value is -2.37. The number of hydrogen-bond donors (Lipinski definition) is 2. The lowest BCUT2D eigenvalue weighted by molar-refractivity contribution is -0.141. The van der Waals surface area contributed by atoms with Crippen molar-refractivity contribution in [3.63, 3.8) is 0 Å². The third kappa shape index (κ3) is 4.54. The summed E-state index contributed by atoms with van der Waals surface area (Å²) < 4.78 is 0. The molecular weight excluding hydrogens is 354 g/mol. The lowest BCUT2D eigenvalue weighted by Gasteiger charge is -2.39. The SMILES string of the molecule is CCC(CC)C(=O)N1CCC(CC(=O)O)C(Cc2nc3ccc(C)cc3[nH]2)C1. The molecule has 6 nitrogen and oxygen atoms in total. The van der Waals surface area contributed by atoms with E-state index in [0.717, 1.165) is 36.1 Å². The van der Waals surface area contributed by atoms with Gasteiger partial charge in [-0.1, -0.05) is 19.9 Å². The highest BCUT2D eigenvalue weighted by molar-refractivity contribution is 5.79. The number of amides is 1. The average molecular weight is 386 g/mol. The van der Waals surface area contributed by atoms with Crippen LogP contribution in [0.15, 0.2) is 18.2 Å². The highest BCUT2D eigenvalue weighted by Crippen LogP contribution is 2.31. The molecule has 2 aromatic rings. The molecule has 0 spiro atoms. The molecule has 28 heavy (non-hydrogen) atoms. The van der Waals surface area contributed by atoms with Crippen LogP contribution in [0, 0.1) is 24.7 Å². The van der Waals surface area contributed by atoms with E-state index in [1.54, 1.807) is 0 Å². The van der Waals surface area contributed by atoms with Gasteiger partial charge in [0.15, 0.2) is 0 Å². The zero-order valence-corrected chi connectivity index (χ0v) is 17.1. The van der Waals surface area contributed by atoms with Crippen LogP contribution in [-0.4, -0.2) is 44.9 Å². The standard InChI is InChI=1S/C22H31N3O3/c1-4-15(5-2)22(28)25-9-8-16(12-21(26)27)17(13-25)11-20-23-18-7-6-14(3)10-19(18)24-20/h6-7,10,15-17H,4-5,8-9,11-13H2,1-3H3,(H,23,24)(H,26,27). The van der Waals surface area contributed by atoms with Gasteiger partial charge in [-0.05, 0) is 55.7 Å². The monoisotopic (exact) mass is 385 g/mol. The van der Waals surface area contributed by atoms with E-state index in [2.05, 4.69) is 24.9 Å². The van der Waals surface area contributed by atoms with Gasteiger partial charge in [-0.3, -0.25) is 9.59 Å². The summed E-state index contributed by atoms with van der Waals surface area (Å²) in [5.41, 5.74) is 3.10. The molecule has 2 atom stereocenters. The fraction of sp³-hybridized carbons (Fsp3) is 0.591. The molecule has 1 aromatic carbocycles. The van der Waals surface area contributed by atoms with Crippen LogP contribution in [0.4, 0.5) is 0 Å². The number of aryl methyl sites for hydroxylation is 1. The number of benzene rings is 1. The second-order valence-electron chi connectivity index (χ2n) is 8.11. The van der Waals surface area contributed by atoms with Crippen molar-refractivity contribution in [1.29, 1.82) is 0 Å². The molecule has 0 aliphatic carbocycles. The molecule has 3 rings (SSSR count). The van der Waals surface area contributed by atoms with Crippen molar-refractivity contribution < 1.29 is 14.7 Å². The summed E-state index contributed by atoms with van der Waals surface area (Å²) in [5.74, 6) is 0.547. The Balaban J connectivity index is 1.79. The number of fused-ring (bicyclic) bond motifs is 1. The Morgan fingerprint density at radius 2 is 2.04 bits per heavy atom. The molecule has 0 saturated carbocycles.